The SMILES string of the molecule is Cc1cc(N2CCN(C(=O)C(Cc3ccccc3)NC(=O)c3ccccc3)CC2)nc(C(C)C)n1. The molecule has 0 saturated carbocycles. The van der Waals surface area contributed by atoms with Crippen LogP contribution >= 0.6 is 0 Å². The maximum absolute atomic E-state index is 13.6. The van der Waals surface area contributed by atoms with Crippen molar-refractivity contribution in [3.05, 3.63) is 89.4 Å². The smallest absolute Gasteiger partial charge is 0.251 e. The molecule has 1 aromatic heterocycles. The standard InChI is InChI=1S/C28H33N5O2/c1-20(2)26-29-21(3)18-25(31-26)32-14-16-33(17-15-32)28(35)24(19-22-10-6-4-7-11-22)30-27(34)23-12-8-5-9-13-23/h4-13,18,20,24H,14-17,19H2,1-3H3,(H,30,34). The number of carbonyl (C=O) groups is 2. The largest absolute Gasteiger partial charge is 0.353 e. The van der Waals surface area contributed by atoms with Gasteiger partial charge in [-0.3, -0.25) is 9.59 Å². The molecule has 0 aliphatic carbocycles. The van der Waals surface area contributed by atoms with E-state index < -0.39 is 6.04 Å². The number of benzene rings is 2. The number of nitrogens with zero attached hydrogens (tertiary/aromatic N) is 4. The van der Waals surface area contributed by atoms with Crippen LogP contribution in [-0.4, -0.2) is 58.9 Å². The number of aryl methyl sites for hydroxylation is 1. The van der Waals surface area contributed by atoms with E-state index in [1.807, 2.05) is 66.4 Å². The summed E-state index contributed by atoms with van der Waals surface area (Å²) in [5.41, 5.74) is 2.50. The minimum Gasteiger partial charge on any atom is -0.353 e. The van der Waals surface area contributed by atoms with Crippen LogP contribution in [-0.2, 0) is 11.2 Å². The second-order valence-corrected chi connectivity index (χ2v) is 9.27. The molecule has 0 bridgehead atoms. The van der Waals surface area contributed by atoms with E-state index in [2.05, 4.69) is 29.0 Å². The van der Waals surface area contributed by atoms with Gasteiger partial charge in [-0.05, 0) is 24.6 Å². The highest BCUT2D eigenvalue weighted by Gasteiger charge is 2.29. The quantitative estimate of drug-likeness (QED) is 0.570. The van der Waals surface area contributed by atoms with Crippen molar-refractivity contribution in [2.24, 2.45) is 0 Å². The molecule has 1 aliphatic heterocycles. The van der Waals surface area contributed by atoms with Gasteiger partial charge in [-0.25, -0.2) is 9.97 Å². The molecule has 182 valence electrons. The van der Waals surface area contributed by atoms with E-state index in [0.717, 1.165) is 22.9 Å². The lowest BCUT2D eigenvalue weighted by molar-refractivity contribution is -0.133. The molecule has 0 radical (unpaired) electrons. The van der Waals surface area contributed by atoms with Gasteiger partial charge in [0.05, 0.1) is 0 Å². The number of hydrogen-bond donors (Lipinski definition) is 1. The minimum absolute atomic E-state index is 0.0560. The maximum Gasteiger partial charge on any atom is 0.251 e. The second kappa shape index (κ2) is 11.1. The van der Waals surface area contributed by atoms with Crippen molar-refractivity contribution in [3.63, 3.8) is 0 Å². The van der Waals surface area contributed by atoms with Crippen molar-refractivity contribution in [2.75, 3.05) is 31.1 Å². The molecule has 1 aliphatic rings. The molecular weight excluding hydrogens is 438 g/mol. The van der Waals surface area contributed by atoms with Crippen molar-refractivity contribution in [1.82, 2.24) is 20.2 Å². The summed E-state index contributed by atoms with van der Waals surface area (Å²) in [6.45, 7) is 8.68. The molecule has 2 amide bonds. The zero-order chi connectivity index (χ0) is 24.8. The van der Waals surface area contributed by atoms with E-state index in [0.29, 0.717) is 38.2 Å². The van der Waals surface area contributed by atoms with Crippen LogP contribution in [0.4, 0.5) is 5.82 Å². The third kappa shape index (κ3) is 6.23. The Kier molecular flexibility index (Phi) is 7.75. The van der Waals surface area contributed by atoms with E-state index in [1.165, 1.54) is 0 Å². The maximum atomic E-state index is 13.6. The Morgan fingerprint density at radius 3 is 2.17 bits per heavy atom. The van der Waals surface area contributed by atoms with Crippen LogP contribution in [0, 0.1) is 6.92 Å². The average molecular weight is 472 g/mol. The van der Waals surface area contributed by atoms with Gasteiger partial charge in [-0.2, -0.15) is 0 Å². The van der Waals surface area contributed by atoms with Gasteiger partial charge in [0.25, 0.3) is 5.91 Å². The summed E-state index contributed by atoms with van der Waals surface area (Å²) in [5.74, 6) is 1.70. The molecule has 1 unspecified atom stereocenters. The molecule has 1 N–H and O–H groups in total. The first-order valence-corrected chi connectivity index (χ1v) is 12.2. The normalized spacial score (nSPS) is 14.6. The summed E-state index contributed by atoms with van der Waals surface area (Å²) >= 11 is 0. The van der Waals surface area contributed by atoms with E-state index in [1.54, 1.807) is 12.1 Å². The van der Waals surface area contributed by atoms with E-state index in [9.17, 15) is 9.59 Å². The number of anilines is 1. The molecule has 1 fully saturated rings. The van der Waals surface area contributed by atoms with Gasteiger partial charge in [-0.15, -0.1) is 0 Å². The Hall–Kier alpha value is -3.74. The topological polar surface area (TPSA) is 78.4 Å². The molecule has 4 rings (SSSR count). The van der Waals surface area contributed by atoms with Crippen LogP contribution in [0.15, 0.2) is 66.7 Å². The average Bonchev–Trinajstić information content (AvgIpc) is 2.88. The van der Waals surface area contributed by atoms with Crippen LogP contribution in [0.1, 0.15) is 47.2 Å². The fourth-order valence-electron chi connectivity index (χ4n) is 4.25. The van der Waals surface area contributed by atoms with Crippen molar-refractivity contribution in [1.29, 1.82) is 0 Å². The summed E-state index contributed by atoms with van der Waals surface area (Å²) in [7, 11) is 0. The number of piperazine rings is 1. The zero-order valence-electron chi connectivity index (χ0n) is 20.6. The Morgan fingerprint density at radius 1 is 0.914 bits per heavy atom. The minimum atomic E-state index is -0.634. The molecule has 35 heavy (non-hydrogen) atoms. The Bertz CT molecular complexity index is 1140. The first-order chi connectivity index (χ1) is 16.9. The number of hydrogen-bond acceptors (Lipinski definition) is 5. The van der Waals surface area contributed by atoms with Gasteiger partial charge >= 0.3 is 0 Å². The molecule has 2 heterocycles. The van der Waals surface area contributed by atoms with E-state index >= 15 is 0 Å². The van der Waals surface area contributed by atoms with Gasteiger partial charge in [0.2, 0.25) is 5.91 Å². The van der Waals surface area contributed by atoms with Crippen molar-refractivity contribution in [3.8, 4) is 0 Å². The summed E-state index contributed by atoms with van der Waals surface area (Å²) in [6, 6.07) is 20.2. The predicted octanol–water partition coefficient (Wildman–Crippen LogP) is 3.60. The van der Waals surface area contributed by atoms with Gasteiger partial charge in [0, 0.05) is 55.8 Å². The van der Waals surface area contributed by atoms with Crippen molar-refractivity contribution >= 4 is 17.6 Å². The van der Waals surface area contributed by atoms with Crippen molar-refractivity contribution in [2.45, 2.75) is 39.2 Å². The Balaban J connectivity index is 1.46. The fraction of sp³-hybridized carbons (Fsp3) is 0.357. The van der Waals surface area contributed by atoms with E-state index in [4.69, 9.17) is 4.98 Å². The molecule has 0 spiro atoms. The summed E-state index contributed by atoms with van der Waals surface area (Å²) in [4.78, 5) is 39.8. The Labute approximate surface area is 207 Å². The first kappa shape index (κ1) is 24.4. The fourth-order valence-corrected chi connectivity index (χ4v) is 4.25. The van der Waals surface area contributed by atoms with Crippen molar-refractivity contribution < 1.29 is 9.59 Å². The number of carbonyl (C=O) groups excluding carboxylic acids is 2. The molecule has 1 saturated heterocycles. The molecule has 7 nitrogen and oxygen atoms in total. The summed E-state index contributed by atoms with van der Waals surface area (Å²) in [5, 5.41) is 2.98. The third-order valence-electron chi connectivity index (χ3n) is 6.21. The summed E-state index contributed by atoms with van der Waals surface area (Å²) in [6.07, 6.45) is 0.446. The highest BCUT2D eigenvalue weighted by molar-refractivity contribution is 5.97. The number of aromatic nitrogens is 2. The number of rotatable bonds is 7. The lowest BCUT2D eigenvalue weighted by Gasteiger charge is -2.37. The number of amides is 2. The molecule has 7 heteroatoms. The van der Waals surface area contributed by atoms with E-state index in [-0.39, 0.29) is 17.7 Å². The predicted molar refractivity (Wildman–Crippen MR) is 137 cm³/mol. The first-order valence-electron chi connectivity index (χ1n) is 12.2. The molecule has 3 aromatic rings. The molecule has 1 atom stereocenters. The highest BCUT2D eigenvalue weighted by atomic mass is 16.2. The Morgan fingerprint density at radius 2 is 1.54 bits per heavy atom. The number of nitrogens with one attached hydrogen (secondary N) is 1. The molecular formula is C28H33N5O2. The monoisotopic (exact) mass is 471 g/mol. The third-order valence-corrected chi connectivity index (χ3v) is 6.21. The van der Waals surface area contributed by atoms with Crippen LogP contribution in [0.5, 0.6) is 0 Å². The summed E-state index contributed by atoms with van der Waals surface area (Å²) < 4.78 is 0. The second-order valence-electron chi connectivity index (χ2n) is 9.27. The highest BCUT2D eigenvalue weighted by Crippen LogP contribution is 2.19. The lowest BCUT2D eigenvalue weighted by atomic mass is 10.0. The van der Waals surface area contributed by atoms with Gasteiger partial charge in [0.15, 0.2) is 0 Å². The van der Waals surface area contributed by atoms with Crippen LogP contribution in [0.2, 0.25) is 0 Å². The lowest BCUT2D eigenvalue weighted by Crippen LogP contribution is -2.55. The van der Waals surface area contributed by atoms with Gasteiger partial charge in [-0.1, -0.05) is 62.4 Å². The van der Waals surface area contributed by atoms with Crippen LogP contribution < -0.4 is 10.2 Å². The van der Waals surface area contributed by atoms with Crippen LogP contribution in [0.25, 0.3) is 0 Å². The van der Waals surface area contributed by atoms with Gasteiger partial charge < -0.3 is 15.1 Å². The molecule has 2 aromatic carbocycles. The van der Waals surface area contributed by atoms with Gasteiger partial charge in [0.1, 0.15) is 17.7 Å². The zero-order valence-corrected chi connectivity index (χ0v) is 20.6. The van der Waals surface area contributed by atoms with Crippen LogP contribution in [0.3, 0.4) is 0 Å².